The lowest BCUT2D eigenvalue weighted by atomic mass is 9.95. The molecule has 4 aromatic heterocycles. The summed E-state index contributed by atoms with van der Waals surface area (Å²) >= 11 is 3.60. The van der Waals surface area contributed by atoms with Gasteiger partial charge in [-0.25, -0.2) is 9.97 Å². The van der Waals surface area contributed by atoms with Crippen LogP contribution >= 0.6 is 15.9 Å². The van der Waals surface area contributed by atoms with Crippen LogP contribution in [0.4, 0.5) is 11.9 Å². The van der Waals surface area contributed by atoms with Crippen molar-refractivity contribution in [2.24, 2.45) is 14.1 Å². The van der Waals surface area contributed by atoms with Crippen LogP contribution in [0.15, 0.2) is 95.7 Å². The van der Waals surface area contributed by atoms with Gasteiger partial charge in [0.15, 0.2) is 0 Å². The number of halogens is 1. The predicted molar refractivity (Wildman–Crippen MR) is 253 cm³/mol. The Morgan fingerprint density at radius 1 is 0.603 bits per heavy atom. The topological polar surface area (TPSA) is 129 Å². The van der Waals surface area contributed by atoms with Gasteiger partial charge in [-0.2, -0.15) is 10.2 Å². The van der Waals surface area contributed by atoms with Crippen molar-refractivity contribution in [2.75, 3.05) is 10.6 Å². The zero-order chi connectivity index (χ0) is 44.9. The zero-order valence-electron chi connectivity index (χ0n) is 37.3. The van der Waals surface area contributed by atoms with Crippen LogP contribution in [0, 0.1) is 55.4 Å². The Balaban J connectivity index is 0.975. The molecule has 0 radical (unpaired) electrons. The number of rotatable bonds is 11. The number of nitrogens with one attached hydrogen (secondary N) is 2. The van der Waals surface area contributed by atoms with E-state index >= 15 is 0 Å². The number of amides is 2. The third kappa shape index (κ3) is 8.53. The first kappa shape index (κ1) is 42.8. The van der Waals surface area contributed by atoms with Gasteiger partial charge in [-0.15, -0.1) is 0 Å². The summed E-state index contributed by atoms with van der Waals surface area (Å²) in [6, 6.07) is 25.9. The van der Waals surface area contributed by atoms with Crippen LogP contribution in [0.5, 0.6) is 0 Å². The standard InChI is InChI=1S/C50H51BrN10O2/c1-28-17-41(33(6)42(18-28)45-25-53-50(59(45)10)55-48(63)39-16-12-14-37(23-39)27-61-35(8)46(51)34(7)56-61)43-21-32(5)60(57-43)26-36-13-11-15-38(22-36)47(62)54-49-52-24-44(58(49)9)40-20-30(3)29(2)19-31(40)4/h11-25H,26-27H2,1-10H3,(H,52,54,62)(H,53,55,63). The fourth-order valence-corrected chi connectivity index (χ4v) is 8.41. The SMILES string of the molecule is Cc1cc(-c2cc(C)n(Cc3cccc(C(=O)Nc4ncc(-c5cc(C)c(C)cc5C)n4C)c3)n2)c(C)c(-c2cnc(NC(=O)c3cccc(Cn4nc(C)c(Br)c4C)c3)n2C)c1. The molecule has 12 nitrogen and oxygen atoms in total. The van der Waals surface area contributed by atoms with E-state index in [0.29, 0.717) is 36.1 Å². The van der Waals surface area contributed by atoms with Crippen molar-refractivity contribution in [3.63, 3.8) is 0 Å². The van der Waals surface area contributed by atoms with E-state index in [9.17, 15) is 9.59 Å². The summed E-state index contributed by atoms with van der Waals surface area (Å²) in [6.45, 7) is 17.5. The van der Waals surface area contributed by atoms with Gasteiger partial charge in [0, 0.05) is 47.6 Å². The molecule has 8 aromatic rings. The van der Waals surface area contributed by atoms with Gasteiger partial charge >= 0.3 is 0 Å². The van der Waals surface area contributed by atoms with Crippen LogP contribution in [-0.2, 0) is 27.2 Å². The lowest BCUT2D eigenvalue weighted by Gasteiger charge is -2.14. The highest BCUT2D eigenvalue weighted by atomic mass is 79.9. The van der Waals surface area contributed by atoms with E-state index in [1.165, 1.54) is 11.1 Å². The van der Waals surface area contributed by atoms with Gasteiger partial charge in [0.25, 0.3) is 11.8 Å². The second-order valence-electron chi connectivity index (χ2n) is 16.6. The van der Waals surface area contributed by atoms with E-state index in [1.54, 1.807) is 18.5 Å². The molecule has 2 amide bonds. The van der Waals surface area contributed by atoms with E-state index in [1.807, 2.05) is 95.8 Å². The number of anilines is 2. The molecule has 0 atom stereocenters. The van der Waals surface area contributed by atoms with Crippen LogP contribution in [-0.4, -0.2) is 50.5 Å². The second-order valence-corrected chi connectivity index (χ2v) is 17.4. The minimum absolute atomic E-state index is 0.234. The van der Waals surface area contributed by atoms with Gasteiger partial charge in [0.05, 0.1) is 58.4 Å². The van der Waals surface area contributed by atoms with Crippen LogP contribution in [0.3, 0.4) is 0 Å². The molecule has 320 valence electrons. The summed E-state index contributed by atoms with van der Waals surface area (Å²) in [5.41, 5.74) is 17.4. The Hall–Kier alpha value is -6.86. The molecular weight excluding hydrogens is 853 g/mol. The maximum Gasteiger partial charge on any atom is 0.257 e. The second kappa shape index (κ2) is 17.1. The maximum atomic E-state index is 13.6. The number of carbonyl (C=O) groups is 2. The Morgan fingerprint density at radius 3 is 1.71 bits per heavy atom. The largest absolute Gasteiger partial charge is 0.313 e. The Kier molecular flexibility index (Phi) is 11.6. The molecule has 0 saturated carbocycles. The van der Waals surface area contributed by atoms with Gasteiger partial charge in [0.1, 0.15) is 0 Å². The number of aryl methyl sites for hydroxylation is 6. The Labute approximate surface area is 376 Å². The van der Waals surface area contributed by atoms with Crippen molar-refractivity contribution >= 4 is 39.6 Å². The number of imidazole rings is 2. The van der Waals surface area contributed by atoms with Crippen molar-refractivity contribution in [1.82, 2.24) is 38.7 Å². The molecule has 0 bridgehead atoms. The summed E-state index contributed by atoms with van der Waals surface area (Å²) in [5.74, 6) is 0.444. The van der Waals surface area contributed by atoms with Crippen LogP contribution in [0.2, 0.25) is 0 Å². The summed E-state index contributed by atoms with van der Waals surface area (Å²) in [7, 11) is 3.82. The Bertz CT molecular complexity index is 3090. The van der Waals surface area contributed by atoms with Crippen molar-refractivity contribution in [1.29, 1.82) is 0 Å². The predicted octanol–water partition coefficient (Wildman–Crippen LogP) is 10.4. The average Bonchev–Trinajstić information content (AvgIpc) is 3.98. The lowest BCUT2D eigenvalue weighted by Crippen LogP contribution is -2.16. The van der Waals surface area contributed by atoms with E-state index in [4.69, 9.17) is 5.10 Å². The maximum absolute atomic E-state index is 13.6. The molecule has 8 rings (SSSR count). The van der Waals surface area contributed by atoms with Crippen molar-refractivity contribution in [3.8, 4) is 33.8 Å². The minimum Gasteiger partial charge on any atom is -0.313 e. The van der Waals surface area contributed by atoms with Gasteiger partial charge in [-0.1, -0.05) is 30.3 Å². The van der Waals surface area contributed by atoms with E-state index in [0.717, 1.165) is 83.1 Å². The molecule has 2 N–H and O–H groups in total. The summed E-state index contributed by atoms with van der Waals surface area (Å²) in [5, 5.41) is 15.7. The van der Waals surface area contributed by atoms with Crippen molar-refractivity contribution < 1.29 is 9.59 Å². The van der Waals surface area contributed by atoms with Crippen LogP contribution < -0.4 is 10.6 Å². The minimum atomic E-state index is -0.244. The molecule has 4 aromatic carbocycles. The fourth-order valence-electron chi connectivity index (χ4n) is 8.13. The Morgan fingerprint density at radius 2 is 1.14 bits per heavy atom. The summed E-state index contributed by atoms with van der Waals surface area (Å²) in [4.78, 5) is 36.3. The average molecular weight is 904 g/mol. The van der Waals surface area contributed by atoms with E-state index < -0.39 is 0 Å². The van der Waals surface area contributed by atoms with E-state index in [-0.39, 0.29) is 11.8 Å². The number of hydrogen-bond acceptors (Lipinski definition) is 6. The lowest BCUT2D eigenvalue weighted by molar-refractivity contribution is 0.101. The third-order valence-corrected chi connectivity index (χ3v) is 13.1. The number of aromatic nitrogens is 8. The highest BCUT2D eigenvalue weighted by Crippen LogP contribution is 2.35. The molecule has 63 heavy (non-hydrogen) atoms. The quantitative estimate of drug-likeness (QED) is 0.133. The molecule has 4 heterocycles. The van der Waals surface area contributed by atoms with Crippen molar-refractivity contribution in [3.05, 3.63) is 163 Å². The normalized spacial score (nSPS) is 11.3. The molecule has 0 unspecified atom stereocenters. The number of carbonyl (C=O) groups excluding carboxylic acids is 2. The molecule has 0 aliphatic carbocycles. The third-order valence-electron chi connectivity index (χ3n) is 12.0. The molecule has 13 heteroatoms. The smallest absolute Gasteiger partial charge is 0.257 e. The van der Waals surface area contributed by atoms with Gasteiger partial charge in [0.2, 0.25) is 11.9 Å². The summed E-state index contributed by atoms with van der Waals surface area (Å²) < 4.78 is 8.72. The van der Waals surface area contributed by atoms with Crippen molar-refractivity contribution in [2.45, 2.75) is 68.5 Å². The zero-order valence-corrected chi connectivity index (χ0v) is 38.9. The molecule has 0 aliphatic rings. The first-order valence-electron chi connectivity index (χ1n) is 20.8. The highest BCUT2D eigenvalue weighted by Gasteiger charge is 2.20. The summed E-state index contributed by atoms with van der Waals surface area (Å²) in [6.07, 6.45) is 3.60. The fraction of sp³-hybridized carbons (Fsp3) is 0.240. The van der Waals surface area contributed by atoms with Gasteiger partial charge < -0.3 is 9.13 Å². The molecule has 0 saturated heterocycles. The van der Waals surface area contributed by atoms with E-state index in [2.05, 4.69) is 107 Å². The molecule has 0 aliphatic heterocycles. The number of hydrogen-bond donors (Lipinski definition) is 2. The number of benzene rings is 4. The van der Waals surface area contributed by atoms with Crippen LogP contribution in [0.25, 0.3) is 33.8 Å². The highest BCUT2D eigenvalue weighted by molar-refractivity contribution is 9.10. The molecule has 0 fully saturated rings. The first-order valence-corrected chi connectivity index (χ1v) is 21.6. The van der Waals surface area contributed by atoms with Gasteiger partial charge in [-0.3, -0.25) is 29.6 Å². The molecular formula is C50H51BrN10O2. The monoisotopic (exact) mass is 902 g/mol. The van der Waals surface area contributed by atoms with Gasteiger partial charge in [-0.05, 0) is 159 Å². The first-order chi connectivity index (χ1) is 30.1. The van der Waals surface area contributed by atoms with Crippen LogP contribution in [0.1, 0.15) is 76.7 Å². The molecule has 0 spiro atoms. The number of nitrogens with zero attached hydrogens (tertiary/aromatic N) is 8.